The van der Waals surface area contributed by atoms with E-state index in [0.29, 0.717) is 11.7 Å². The van der Waals surface area contributed by atoms with Crippen molar-refractivity contribution in [3.63, 3.8) is 0 Å². The number of aromatic nitrogens is 4. The molecule has 0 spiro atoms. The molecular formula is C22H27N5O2S. The third-order valence-corrected chi connectivity index (χ3v) is 5.73. The SMILES string of the molecule is COc1ccc(Cn2nnnc2SC(C)C(=O)Nc2ccc(C(C)(C)C)cc2)cc1. The highest BCUT2D eigenvalue weighted by atomic mass is 32.2. The molecule has 0 radical (unpaired) electrons. The Morgan fingerprint density at radius 3 is 2.40 bits per heavy atom. The fourth-order valence-electron chi connectivity index (χ4n) is 2.79. The number of carbonyl (C=O) groups is 1. The third kappa shape index (κ3) is 5.60. The summed E-state index contributed by atoms with van der Waals surface area (Å²) in [6, 6.07) is 15.7. The fraction of sp³-hybridized carbons (Fsp3) is 0.364. The van der Waals surface area contributed by atoms with E-state index in [0.717, 1.165) is 17.0 Å². The van der Waals surface area contributed by atoms with Crippen LogP contribution in [0.2, 0.25) is 0 Å². The van der Waals surface area contributed by atoms with Gasteiger partial charge in [-0.05, 0) is 58.2 Å². The standard InChI is InChI=1S/C22H27N5O2S/c1-15(20(28)23-18-10-8-17(9-11-18)22(2,3)4)30-21-24-25-26-27(21)14-16-6-12-19(29-5)13-7-16/h6-13,15H,14H2,1-5H3,(H,23,28). The number of amides is 1. The zero-order valence-corrected chi connectivity index (χ0v) is 18.7. The molecule has 1 atom stereocenters. The van der Waals surface area contributed by atoms with Crippen molar-refractivity contribution in [3.05, 3.63) is 59.7 Å². The lowest BCUT2D eigenvalue weighted by Crippen LogP contribution is -2.23. The first-order valence-electron chi connectivity index (χ1n) is 9.73. The molecule has 0 fully saturated rings. The van der Waals surface area contributed by atoms with E-state index in [9.17, 15) is 4.79 Å². The van der Waals surface area contributed by atoms with E-state index in [1.54, 1.807) is 11.8 Å². The van der Waals surface area contributed by atoms with Crippen LogP contribution in [0.5, 0.6) is 5.75 Å². The molecule has 0 saturated carbocycles. The largest absolute Gasteiger partial charge is 0.497 e. The van der Waals surface area contributed by atoms with E-state index in [-0.39, 0.29) is 16.6 Å². The number of rotatable bonds is 7. The van der Waals surface area contributed by atoms with Crippen LogP contribution in [0.4, 0.5) is 5.69 Å². The first-order chi connectivity index (χ1) is 14.3. The number of benzene rings is 2. The van der Waals surface area contributed by atoms with E-state index in [4.69, 9.17) is 4.74 Å². The Morgan fingerprint density at radius 1 is 1.13 bits per heavy atom. The Hall–Kier alpha value is -2.87. The molecule has 0 aliphatic carbocycles. The number of anilines is 1. The molecule has 1 unspecified atom stereocenters. The van der Waals surface area contributed by atoms with Gasteiger partial charge in [0.25, 0.3) is 0 Å². The van der Waals surface area contributed by atoms with E-state index >= 15 is 0 Å². The van der Waals surface area contributed by atoms with Crippen LogP contribution in [-0.4, -0.2) is 38.5 Å². The Bertz CT molecular complexity index is 978. The number of nitrogens with one attached hydrogen (secondary N) is 1. The van der Waals surface area contributed by atoms with Crippen molar-refractivity contribution in [3.8, 4) is 5.75 Å². The minimum Gasteiger partial charge on any atom is -0.497 e. The molecule has 158 valence electrons. The van der Waals surface area contributed by atoms with Gasteiger partial charge in [0.1, 0.15) is 5.75 Å². The lowest BCUT2D eigenvalue weighted by atomic mass is 9.87. The molecule has 1 aromatic heterocycles. The van der Waals surface area contributed by atoms with Crippen LogP contribution in [0.25, 0.3) is 0 Å². The lowest BCUT2D eigenvalue weighted by molar-refractivity contribution is -0.115. The first kappa shape index (κ1) is 21.8. The fourth-order valence-corrected chi connectivity index (χ4v) is 3.58. The number of methoxy groups -OCH3 is 1. The Kier molecular flexibility index (Phi) is 6.77. The molecule has 3 aromatic rings. The highest BCUT2D eigenvalue weighted by Gasteiger charge is 2.19. The summed E-state index contributed by atoms with van der Waals surface area (Å²) in [6.07, 6.45) is 0. The zero-order chi connectivity index (χ0) is 21.7. The van der Waals surface area contributed by atoms with Crippen molar-refractivity contribution in [2.75, 3.05) is 12.4 Å². The second-order valence-corrected chi connectivity index (χ2v) is 9.35. The van der Waals surface area contributed by atoms with Gasteiger partial charge in [0, 0.05) is 5.69 Å². The van der Waals surface area contributed by atoms with Crippen molar-refractivity contribution in [2.24, 2.45) is 0 Å². The average Bonchev–Trinajstić information content (AvgIpc) is 3.14. The molecule has 7 nitrogen and oxygen atoms in total. The van der Waals surface area contributed by atoms with Crippen molar-refractivity contribution in [1.82, 2.24) is 20.2 Å². The number of carbonyl (C=O) groups excluding carboxylic acids is 1. The maximum atomic E-state index is 12.6. The zero-order valence-electron chi connectivity index (χ0n) is 17.9. The van der Waals surface area contributed by atoms with Crippen molar-refractivity contribution in [2.45, 2.75) is 50.1 Å². The van der Waals surface area contributed by atoms with Gasteiger partial charge in [-0.1, -0.05) is 56.8 Å². The molecule has 1 N–H and O–H groups in total. The van der Waals surface area contributed by atoms with Crippen LogP contribution < -0.4 is 10.1 Å². The second kappa shape index (κ2) is 9.30. The second-order valence-electron chi connectivity index (χ2n) is 8.04. The van der Waals surface area contributed by atoms with Crippen molar-refractivity contribution < 1.29 is 9.53 Å². The number of hydrogen-bond acceptors (Lipinski definition) is 6. The van der Waals surface area contributed by atoms with Gasteiger partial charge in [0.15, 0.2) is 0 Å². The topological polar surface area (TPSA) is 81.9 Å². The summed E-state index contributed by atoms with van der Waals surface area (Å²) in [6.45, 7) is 8.85. The van der Waals surface area contributed by atoms with Crippen LogP contribution >= 0.6 is 11.8 Å². The number of nitrogens with zero attached hydrogens (tertiary/aromatic N) is 4. The smallest absolute Gasteiger partial charge is 0.237 e. The Morgan fingerprint density at radius 2 is 1.80 bits per heavy atom. The minimum absolute atomic E-state index is 0.0760. The van der Waals surface area contributed by atoms with Crippen LogP contribution in [0.15, 0.2) is 53.7 Å². The molecule has 1 heterocycles. The normalized spacial score (nSPS) is 12.4. The Balaban J connectivity index is 1.61. The van der Waals surface area contributed by atoms with Gasteiger partial charge in [-0.2, -0.15) is 0 Å². The number of tetrazole rings is 1. The van der Waals surface area contributed by atoms with Crippen molar-refractivity contribution in [1.29, 1.82) is 0 Å². The quantitative estimate of drug-likeness (QED) is 0.573. The van der Waals surface area contributed by atoms with Crippen molar-refractivity contribution >= 4 is 23.4 Å². The van der Waals surface area contributed by atoms with Gasteiger partial charge in [0.2, 0.25) is 11.1 Å². The number of ether oxygens (including phenoxy) is 1. The highest BCUT2D eigenvalue weighted by Crippen LogP contribution is 2.25. The van der Waals surface area contributed by atoms with Gasteiger partial charge in [-0.15, -0.1) is 5.10 Å². The predicted molar refractivity (Wildman–Crippen MR) is 119 cm³/mol. The summed E-state index contributed by atoms with van der Waals surface area (Å²) >= 11 is 1.33. The van der Waals surface area contributed by atoms with E-state index < -0.39 is 0 Å². The van der Waals surface area contributed by atoms with Crippen LogP contribution in [0.1, 0.15) is 38.8 Å². The molecule has 0 aliphatic heterocycles. The third-order valence-electron chi connectivity index (χ3n) is 4.66. The van der Waals surface area contributed by atoms with E-state index in [2.05, 4.69) is 41.6 Å². The monoisotopic (exact) mass is 425 g/mol. The van der Waals surface area contributed by atoms with E-state index in [1.165, 1.54) is 17.3 Å². The van der Waals surface area contributed by atoms with E-state index in [1.807, 2.05) is 55.5 Å². The average molecular weight is 426 g/mol. The van der Waals surface area contributed by atoms with Gasteiger partial charge >= 0.3 is 0 Å². The minimum atomic E-state index is -0.354. The summed E-state index contributed by atoms with van der Waals surface area (Å²) in [7, 11) is 1.64. The maximum absolute atomic E-state index is 12.6. The molecule has 0 bridgehead atoms. The maximum Gasteiger partial charge on any atom is 0.237 e. The molecule has 0 saturated heterocycles. The molecule has 1 amide bonds. The van der Waals surface area contributed by atoms with Gasteiger partial charge in [-0.3, -0.25) is 4.79 Å². The van der Waals surface area contributed by atoms with Gasteiger partial charge in [0.05, 0.1) is 18.9 Å². The predicted octanol–water partition coefficient (Wildman–Crippen LogP) is 4.15. The molecule has 3 rings (SSSR count). The highest BCUT2D eigenvalue weighted by molar-refractivity contribution is 8.00. The van der Waals surface area contributed by atoms with Gasteiger partial charge in [-0.25, -0.2) is 4.68 Å². The lowest BCUT2D eigenvalue weighted by Gasteiger charge is -2.19. The molecule has 8 heteroatoms. The summed E-state index contributed by atoms with van der Waals surface area (Å²) in [5.74, 6) is 0.702. The molecule has 2 aromatic carbocycles. The number of thioether (sulfide) groups is 1. The van der Waals surface area contributed by atoms with Gasteiger partial charge < -0.3 is 10.1 Å². The Labute approximate surface area is 181 Å². The molecular weight excluding hydrogens is 398 g/mol. The summed E-state index contributed by atoms with van der Waals surface area (Å²) in [4.78, 5) is 12.6. The first-order valence-corrected chi connectivity index (χ1v) is 10.6. The van der Waals surface area contributed by atoms with Crippen LogP contribution in [0.3, 0.4) is 0 Å². The van der Waals surface area contributed by atoms with Crippen LogP contribution in [-0.2, 0) is 16.8 Å². The van der Waals surface area contributed by atoms with Crippen LogP contribution in [0, 0.1) is 0 Å². The number of hydrogen-bond donors (Lipinski definition) is 1. The molecule has 0 aliphatic rings. The summed E-state index contributed by atoms with van der Waals surface area (Å²) < 4.78 is 6.87. The summed E-state index contributed by atoms with van der Waals surface area (Å²) in [5.41, 5.74) is 3.12. The molecule has 30 heavy (non-hydrogen) atoms. The summed E-state index contributed by atoms with van der Waals surface area (Å²) in [5, 5.41) is 15.1.